The number of aromatic nitrogens is 2. The molecule has 1 aliphatic rings. The Labute approximate surface area is 125 Å². The zero-order chi connectivity index (χ0) is 15.4. The molecule has 2 amide bonds. The van der Waals surface area contributed by atoms with E-state index in [-0.39, 0.29) is 17.9 Å². The van der Waals surface area contributed by atoms with Crippen LogP contribution in [0.15, 0.2) is 6.20 Å². The van der Waals surface area contributed by atoms with Gasteiger partial charge in [-0.1, -0.05) is 13.3 Å². The van der Waals surface area contributed by atoms with E-state index in [1.165, 1.54) is 6.92 Å². The predicted octanol–water partition coefficient (Wildman–Crippen LogP) is 1.11. The number of carbonyl (C=O) groups is 2. The highest BCUT2D eigenvalue weighted by Crippen LogP contribution is 2.17. The third-order valence-electron chi connectivity index (χ3n) is 3.89. The summed E-state index contributed by atoms with van der Waals surface area (Å²) in [5.74, 6) is -0.0102. The van der Waals surface area contributed by atoms with E-state index in [0.29, 0.717) is 12.1 Å². The van der Waals surface area contributed by atoms with Crippen molar-refractivity contribution in [3.05, 3.63) is 17.5 Å². The molecule has 6 heteroatoms. The summed E-state index contributed by atoms with van der Waals surface area (Å²) in [6.07, 6.45) is 5.34. The molecule has 1 atom stereocenters. The van der Waals surface area contributed by atoms with E-state index in [4.69, 9.17) is 0 Å². The van der Waals surface area contributed by atoms with Crippen LogP contribution < -0.4 is 5.32 Å². The molecule has 1 aromatic rings. The van der Waals surface area contributed by atoms with Crippen LogP contribution >= 0.6 is 0 Å². The number of hydrogen-bond donors (Lipinski definition) is 1. The van der Waals surface area contributed by atoms with Crippen LogP contribution in [0.5, 0.6) is 0 Å². The summed E-state index contributed by atoms with van der Waals surface area (Å²) < 4.78 is 1.78. The van der Waals surface area contributed by atoms with Crippen molar-refractivity contribution in [1.82, 2.24) is 20.0 Å². The largest absolute Gasteiger partial charge is 0.352 e. The number of hydrogen-bond acceptors (Lipinski definition) is 3. The number of amides is 2. The normalized spacial score (nSPS) is 18.6. The van der Waals surface area contributed by atoms with E-state index < -0.39 is 0 Å². The molecule has 0 saturated carbocycles. The molecule has 0 spiro atoms. The number of likely N-dealkylation sites (tertiary alicyclic amines) is 1. The SMILES string of the molecule is CCCc1c(C(=O)N2CCC[C@@H](NC(C)=O)C2)cnn1C. The number of nitrogens with one attached hydrogen (secondary N) is 1. The van der Waals surface area contributed by atoms with Gasteiger partial charge in [-0.3, -0.25) is 14.3 Å². The minimum atomic E-state index is -0.0395. The van der Waals surface area contributed by atoms with E-state index in [9.17, 15) is 9.59 Å². The molecule has 0 radical (unpaired) electrons. The summed E-state index contributed by atoms with van der Waals surface area (Å²) >= 11 is 0. The van der Waals surface area contributed by atoms with Gasteiger partial charge >= 0.3 is 0 Å². The molecule has 0 aliphatic carbocycles. The molecule has 1 saturated heterocycles. The summed E-state index contributed by atoms with van der Waals surface area (Å²) in [5.41, 5.74) is 1.69. The Hall–Kier alpha value is -1.85. The molecular formula is C15H24N4O2. The van der Waals surface area contributed by atoms with E-state index in [1.54, 1.807) is 10.9 Å². The van der Waals surface area contributed by atoms with Gasteiger partial charge in [0.2, 0.25) is 5.91 Å². The molecule has 1 aromatic heterocycles. The van der Waals surface area contributed by atoms with Crippen molar-refractivity contribution in [2.45, 2.75) is 45.6 Å². The van der Waals surface area contributed by atoms with Crippen LogP contribution in [-0.2, 0) is 18.3 Å². The molecule has 0 unspecified atom stereocenters. The molecule has 0 aromatic carbocycles. The van der Waals surface area contributed by atoms with E-state index in [1.807, 2.05) is 11.9 Å². The molecule has 21 heavy (non-hydrogen) atoms. The minimum absolute atomic E-state index is 0.0293. The number of aryl methyl sites for hydroxylation is 1. The molecule has 6 nitrogen and oxygen atoms in total. The van der Waals surface area contributed by atoms with Crippen LogP contribution in [0, 0.1) is 0 Å². The summed E-state index contributed by atoms with van der Waals surface area (Å²) in [4.78, 5) is 25.7. The Morgan fingerprint density at radius 1 is 1.48 bits per heavy atom. The fourth-order valence-corrected chi connectivity index (χ4v) is 2.91. The molecule has 0 bridgehead atoms. The zero-order valence-corrected chi connectivity index (χ0v) is 13.1. The number of carbonyl (C=O) groups excluding carboxylic acids is 2. The number of rotatable bonds is 4. The number of piperidine rings is 1. The Kier molecular flexibility index (Phi) is 4.98. The van der Waals surface area contributed by atoms with Crippen molar-refractivity contribution in [3.63, 3.8) is 0 Å². The Bertz CT molecular complexity index is 524. The maximum atomic E-state index is 12.7. The van der Waals surface area contributed by atoms with Gasteiger partial charge in [-0.2, -0.15) is 5.10 Å². The Morgan fingerprint density at radius 3 is 2.90 bits per heavy atom. The minimum Gasteiger partial charge on any atom is -0.352 e. The van der Waals surface area contributed by atoms with Crippen molar-refractivity contribution in [3.8, 4) is 0 Å². The molecule has 1 fully saturated rings. The van der Waals surface area contributed by atoms with Crippen molar-refractivity contribution in [2.24, 2.45) is 7.05 Å². The van der Waals surface area contributed by atoms with Crippen molar-refractivity contribution in [1.29, 1.82) is 0 Å². The molecule has 1 N–H and O–H groups in total. The second kappa shape index (κ2) is 6.74. The molecule has 1 aliphatic heterocycles. The summed E-state index contributed by atoms with van der Waals surface area (Å²) in [6.45, 7) is 4.93. The molecular weight excluding hydrogens is 268 g/mol. The summed E-state index contributed by atoms with van der Waals surface area (Å²) in [7, 11) is 1.87. The van der Waals surface area contributed by atoms with Crippen molar-refractivity contribution in [2.75, 3.05) is 13.1 Å². The highest BCUT2D eigenvalue weighted by atomic mass is 16.2. The number of nitrogens with zero attached hydrogens (tertiary/aromatic N) is 3. The Balaban J connectivity index is 2.10. The second-order valence-corrected chi connectivity index (χ2v) is 5.67. The molecule has 116 valence electrons. The van der Waals surface area contributed by atoms with Gasteiger partial charge in [-0.25, -0.2) is 0 Å². The molecule has 2 heterocycles. The van der Waals surface area contributed by atoms with E-state index in [0.717, 1.165) is 37.9 Å². The van der Waals surface area contributed by atoms with Crippen LogP contribution in [0.4, 0.5) is 0 Å². The van der Waals surface area contributed by atoms with Gasteiger partial charge in [0.05, 0.1) is 17.5 Å². The van der Waals surface area contributed by atoms with Crippen LogP contribution in [0.2, 0.25) is 0 Å². The fourth-order valence-electron chi connectivity index (χ4n) is 2.91. The summed E-state index contributed by atoms with van der Waals surface area (Å²) in [6, 6.07) is 0.0616. The van der Waals surface area contributed by atoms with Gasteiger partial charge in [0.1, 0.15) is 0 Å². The maximum Gasteiger partial charge on any atom is 0.257 e. The lowest BCUT2D eigenvalue weighted by atomic mass is 10.0. The average Bonchev–Trinajstić information content (AvgIpc) is 2.80. The highest BCUT2D eigenvalue weighted by molar-refractivity contribution is 5.95. The van der Waals surface area contributed by atoms with Gasteiger partial charge < -0.3 is 10.2 Å². The van der Waals surface area contributed by atoms with Crippen LogP contribution in [0.25, 0.3) is 0 Å². The molecule has 2 rings (SSSR count). The van der Waals surface area contributed by atoms with Crippen LogP contribution in [0.3, 0.4) is 0 Å². The van der Waals surface area contributed by atoms with E-state index >= 15 is 0 Å². The Morgan fingerprint density at radius 2 is 2.24 bits per heavy atom. The van der Waals surface area contributed by atoms with Gasteiger partial charge in [0, 0.05) is 33.1 Å². The third-order valence-corrected chi connectivity index (χ3v) is 3.89. The average molecular weight is 292 g/mol. The lowest BCUT2D eigenvalue weighted by Crippen LogP contribution is -2.49. The van der Waals surface area contributed by atoms with E-state index in [2.05, 4.69) is 17.3 Å². The van der Waals surface area contributed by atoms with Gasteiger partial charge in [0.25, 0.3) is 5.91 Å². The van der Waals surface area contributed by atoms with Crippen molar-refractivity contribution < 1.29 is 9.59 Å². The first-order chi connectivity index (χ1) is 10.0. The smallest absolute Gasteiger partial charge is 0.257 e. The quantitative estimate of drug-likeness (QED) is 0.904. The van der Waals surface area contributed by atoms with Gasteiger partial charge in [-0.05, 0) is 19.3 Å². The first-order valence-corrected chi connectivity index (χ1v) is 7.60. The topological polar surface area (TPSA) is 67.2 Å². The third kappa shape index (κ3) is 3.62. The van der Waals surface area contributed by atoms with Crippen molar-refractivity contribution >= 4 is 11.8 Å². The highest BCUT2D eigenvalue weighted by Gasteiger charge is 2.27. The first-order valence-electron chi connectivity index (χ1n) is 7.60. The maximum absolute atomic E-state index is 12.7. The monoisotopic (exact) mass is 292 g/mol. The van der Waals surface area contributed by atoms with Gasteiger partial charge in [-0.15, -0.1) is 0 Å². The fraction of sp³-hybridized carbons (Fsp3) is 0.667. The lowest BCUT2D eigenvalue weighted by molar-refractivity contribution is -0.120. The second-order valence-electron chi connectivity index (χ2n) is 5.67. The predicted molar refractivity (Wildman–Crippen MR) is 79.9 cm³/mol. The first kappa shape index (κ1) is 15.5. The van der Waals surface area contributed by atoms with Gasteiger partial charge in [0.15, 0.2) is 0 Å². The summed E-state index contributed by atoms with van der Waals surface area (Å²) in [5, 5.41) is 7.13. The lowest BCUT2D eigenvalue weighted by Gasteiger charge is -2.33. The van der Waals surface area contributed by atoms with Crippen LogP contribution in [-0.4, -0.2) is 45.6 Å². The zero-order valence-electron chi connectivity index (χ0n) is 13.1. The van der Waals surface area contributed by atoms with Crippen LogP contribution in [0.1, 0.15) is 49.2 Å². The standard InChI is InChI=1S/C15H24N4O2/c1-4-6-14-13(9-16-18(14)3)15(21)19-8-5-7-12(10-19)17-11(2)20/h9,12H,4-8,10H2,1-3H3,(H,17,20)/t12-/m1/s1.